The number of anilines is 1. The Morgan fingerprint density at radius 3 is 2.58 bits per heavy atom. The Labute approximate surface area is 183 Å². The Morgan fingerprint density at radius 2 is 1.77 bits per heavy atom. The largest absolute Gasteiger partial charge is 0.356 e. The summed E-state index contributed by atoms with van der Waals surface area (Å²) in [5, 5.41) is 5.36. The number of rotatable bonds is 3. The SMILES string of the molecule is Cn1ncc2c(N3CCC([C@@H]4CCCCCN4C(=O)c4ccccc4)CC3)ncnc21. The molecule has 2 aliphatic rings. The first-order chi connectivity index (χ1) is 15.2. The van der Waals surface area contributed by atoms with E-state index < -0.39 is 0 Å². The molecule has 2 saturated heterocycles. The molecule has 0 saturated carbocycles. The van der Waals surface area contributed by atoms with Gasteiger partial charge in [-0.15, -0.1) is 0 Å². The molecule has 0 radical (unpaired) electrons. The zero-order chi connectivity index (χ0) is 21.2. The van der Waals surface area contributed by atoms with Gasteiger partial charge in [0.2, 0.25) is 0 Å². The predicted molar refractivity (Wildman–Crippen MR) is 121 cm³/mol. The van der Waals surface area contributed by atoms with Crippen LogP contribution in [0.1, 0.15) is 48.9 Å². The minimum absolute atomic E-state index is 0.197. The summed E-state index contributed by atoms with van der Waals surface area (Å²) in [7, 11) is 1.91. The van der Waals surface area contributed by atoms with E-state index in [1.165, 1.54) is 12.8 Å². The highest BCUT2D eigenvalue weighted by Gasteiger charge is 2.34. The van der Waals surface area contributed by atoms with Gasteiger partial charge in [0.15, 0.2) is 5.65 Å². The zero-order valence-corrected chi connectivity index (χ0v) is 18.2. The number of nitrogens with zero attached hydrogens (tertiary/aromatic N) is 6. The van der Waals surface area contributed by atoms with Crippen LogP contribution in [0.4, 0.5) is 5.82 Å². The number of fused-ring (bicyclic) bond motifs is 1. The van der Waals surface area contributed by atoms with Crippen molar-refractivity contribution in [2.24, 2.45) is 13.0 Å². The molecule has 1 aromatic carbocycles. The molecule has 31 heavy (non-hydrogen) atoms. The Morgan fingerprint density at radius 1 is 0.968 bits per heavy atom. The van der Waals surface area contributed by atoms with Gasteiger partial charge in [-0.25, -0.2) is 9.97 Å². The van der Waals surface area contributed by atoms with E-state index in [9.17, 15) is 4.79 Å². The van der Waals surface area contributed by atoms with E-state index in [-0.39, 0.29) is 5.91 Å². The summed E-state index contributed by atoms with van der Waals surface area (Å²) in [5.41, 5.74) is 1.68. The van der Waals surface area contributed by atoms with Crippen LogP contribution < -0.4 is 4.90 Å². The second-order valence-electron chi connectivity index (χ2n) is 8.81. The van der Waals surface area contributed by atoms with Crippen molar-refractivity contribution in [3.05, 3.63) is 48.4 Å². The number of carbonyl (C=O) groups excluding carboxylic acids is 1. The molecule has 2 aliphatic heterocycles. The first kappa shape index (κ1) is 20.0. The van der Waals surface area contributed by atoms with Crippen molar-refractivity contribution in [1.29, 1.82) is 0 Å². The summed E-state index contributed by atoms with van der Waals surface area (Å²) in [6.07, 6.45) is 10.3. The molecule has 0 spiro atoms. The number of aryl methyl sites for hydroxylation is 1. The normalized spacial score (nSPS) is 20.7. The van der Waals surface area contributed by atoms with Crippen LogP contribution in [-0.4, -0.2) is 56.2 Å². The van der Waals surface area contributed by atoms with Crippen molar-refractivity contribution < 1.29 is 4.79 Å². The Bertz CT molecular complexity index is 1040. The van der Waals surface area contributed by atoms with Crippen LogP contribution in [0.15, 0.2) is 42.9 Å². The fourth-order valence-electron chi connectivity index (χ4n) is 5.32. The van der Waals surface area contributed by atoms with E-state index in [1.54, 1.807) is 11.0 Å². The smallest absolute Gasteiger partial charge is 0.254 e. The van der Waals surface area contributed by atoms with Crippen molar-refractivity contribution >= 4 is 22.8 Å². The van der Waals surface area contributed by atoms with Gasteiger partial charge in [0.25, 0.3) is 5.91 Å². The molecule has 0 aliphatic carbocycles. The lowest BCUT2D eigenvalue weighted by Crippen LogP contribution is -2.48. The molecule has 2 aromatic heterocycles. The number of amides is 1. The van der Waals surface area contributed by atoms with Gasteiger partial charge < -0.3 is 9.80 Å². The van der Waals surface area contributed by atoms with Gasteiger partial charge in [-0.1, -0.05) is 31.0 Å². The third-order valence-electron chi connectivity index (χ3n) is 6.97. The first-order valence-electron chi connectivity index (χ1n) is 11.5. The number of likely N-dealkylation sites (tertiary alicyclic amines) is 1. The Kier molecular flexibility index (Phi) is 5.57. The molecule has 3 aromatic rings. The summed E-state index contributed by atoms with van der Waals surface area (Å²) in [4.78, 5) is 26.8. The second-order valence-corrected chi connectivity index (χ2v) is 8.81. The fraction of sp³-hybridized carbons (Fsp3) is 0.500. The van der Waals surface area contributed by atoms with Crippen molar-refractivity contribution in [2.45, 2.75) is 44.6 Å². The lowest BCUT2D eigenvalue weighted by atomic mass is 9.85. The number of hydrogen-bond donors (Lipinski definition) is 0. The topological polar surface area (TPSA) is 67.2 Å². The van der Waals surface area contributed by atoms with Gasteiger partial charge in [-0.2, -0.15) is 5.10 Å². The van der Waals surface area contributed by atoms with Crippen LogP contribution in [0.5, 0.6) is 0 Å². The molecule has 4 heterocycles. The molecular formula is C24H30N6O. The highest BCUT2D eigenvalue weighted by Crippen LogP contribution is 2.33. The number of benzene rings is 1. The lowest BCUT2D eigenvalue weighted by Gasteiger charge is -2.41. The van der Waals surface area contributed by atoms with Gasteiger partial charge in [-0.3, -0.25) is 9.48 Å². The minimum atomic E-state index is 0.197. The van der Waals surface area contributed by atoms with Crippen LogP contribution >= 0.6 is 0 Å². The van der Waals surface area contributed by atoms with Gasteiger partial charge in [0.05, 0.1) is 11.6 Å². The summed E-state index contributed by atoms with van der Waals surface area (Å²) in [6, 6.07) is 10.1. The van der Waals surface area contributed by atoms with E-state index in [0.717, 1.165) is 67.7 Å². The molecule has 0 N–H and O–H groups in total. The minimum Gasteiger partial charge on any atom is -0.356 e. The van der Waals surface area contributed by atoms with Crippen molar-refractivity contribution in [3.8, 4) is 0 Å². The average molecular weight is 419 g/mol. The van der Waals surface area contributed by atoms with E-state index in [4.69, 9.17) is 0 Å². The average Bonchev–Trinajstić information content (AvgIpc) is 3.05. The first-order valence-corrected chi connectivity index (χ1v) is 11.5. The molecule has 1 atom stereocenters. The lowest BCUT2D eigenvalue weighted by molar-refractivity contribution is 0.0588. The van der Waals surface area contributed by atoms with Gasteiger partial charge in [-0.05, 0) is 43.7 Å². The molecule has 7 nitrogen and oxygen atoms in total. The number of hydrogen-bond acceptors (Lipinski definition) is 5. The standard InChI is InChI=1S/C24H30N6O/c1-28-22-20(16-27-28)23(26-17-25-22)29-14-11-18(12-15-29)21-10-6-3-7-13-30(21)24(31)19-8-4-2-5-9-19/h2,4-5,8-9,16-18,21H,3,6-7,10-15H2,1H3/t21-/m0/s1. The molecule has 1 amide bonds. The van der Waals surface area contributed by atoms with Gasteiger partial charge in [0.1, 0.15) is 12.1 Å². The Hall–Kier alpha value is -2.96. The molecule has 162 valence electrons. The third kappa shape index (κ3) is 3.89. The van der Waals surface area contributed by atoms with E-state index >= 15 is 0 Å². The summed E-state index contributed by atoms with van der Waals surface area (Å²) in [5.74, 6) is 1.71. The highest BCUT2D eigenvalue weighted by atomic mass is 16.2. The van der Waals surface area contributed by atoms with Gasteiger partial charge >= 0.3 is 0 Å². The second kappa shape index (κ2) is 8.65. The maximum absolute atomic E-state index is 13.3. The van der Waals surface area contributed by atoms with Crippen molar-refractivity contribution in [2.75, 3.05) is 24.5 Å². The molecular weight excluding hydrogens is 388 g/mol. The van der Waals surface area contributed by atoms with Crippen molar-refractivity contribution in [1.82, 2.24) is 24.6 Å². The molecule has 7 heteroatoms. The van der Waals surface area contributed by atoms with E-state index in [1.807, 2.05) is 43.6 Å². The fourth-order valence-corrected chi connectivity index (χ4v) is 5.32. The molecule has 0 unspecified atom stereocenters. The number of piperidine rings is 1. The van der Waals surface area contributed by atoms with E-state index in [2.05, 4.69) is 24.9 Å². The van der Waals surface area contributed by atoms with Gasteiger partial charge in [0, 0.05) is 38.3 Å². The van der Waals surface area contributed by atoms with Crippen LogP contribution in [0.2, 0.25) is 0 Å². The van der Waals surface area contributed by atoms with Crippen molar-refractivity contribution in [3.63, 3.8) is 0 Å². The highest BCUT2D eigenvalue weighted by molar-refractivity contribution is 5.94. The summed E-state index contributed by atoms with van der Waals surface area (Å²) >= 11 is 0. The maximum atomic E-state index is 13.3. The zero-order valence-electron chi connectivity index (χ0n) is 18.2. The van der Waals surface area contributed by atoms with E-state index in [0.29, 0.717) is 12.0 Å². The third-order valence-corrected chi connectivity index (χ3v) is 6.97. The van der Waals surface area contributed by atoms with Crippen LogP contribution in [0.25, 0.3) is 11.0 Å². The number of carbonyl (C=O) groups is 1. The molecule has 2 fully saturated rings. The van der Waals surface area contributed by atoms with Crippen LogP contribution in [0.3, 0.4) is 0 Å². The molecule has 0 bridgehead atoms. The Balaban J connectivity index is 1.32. The quantitative estimate of drug-likeness (QED) is 0.649. The predicted octanol–water partition coefficient (Wildman–Crippen LogP) is 3.66. The molecule has 5 rings (SSSR count). The summed E-state index contributed by atoms with van der Waals surface area (Å²) in [6.45, 7) is 2.78. The number of aromatic nitrogens is 4. The maximum Gasteiger partial charge on any atom is 0.254 e. The monoisotopic (exact) mass is 418 g/mol. The van der Waals surface area contributed by atoms with Crippen LogP contribution in [0, 0.1) is 5.92 Å². The van der Waals surface area contributed by atoms with Crippen LogP contribution in [-0.2, 0) is 7.05 Å². The summed E-state index contributed by atoms with van der Waals surface area (Å²) < 4.78 is 1.80.